The Kier molecular flexibility index (Phi) is 3.62. The van der Waals surface area contributed by atoms with E-state index in [9.17, 15) is 0 Å². The summed E-state index contributed by atoms with van der Waals surface area (Å²) in [6.45, 7) is 5.01. The van der Waals surface area contributed by atoms with Gasteiger partial charge in [0, 0.05) is 6.54 Å². The lowest BCUT2D eigenvalue weighted by molar-refractivity contribution is 0.566. The molecule has 1 atom stereocenters. The van der Waals surface area contributed by atoms with Gasteiger partial charge < -0.3 is 5.73 Å². The first-order chi connectivity index (χ1) is 9.67. The lowest BCUT2D eigenvalue weighted by atomic mass is 9.99. The van der Waals surface area contributed by atoms with Gasteiger partial charge in [0.1, 0.15) is 0 Å². The van der Waals surface area contributed by atoms with Crippen LogP contribution in [-0.2, 0) is 25.8 Å². The van der Waals surface area contributed by atoms with Crippen LogP contribution in [0.4, 0.5) is 0 Å². The van der Waals surface area contributed by atoms with E-state index in [1.807, 2.05) is 11.6 Å². The zero-order valence-corrected chi connectivity index (χ0v) is 12.4. The van der Waals surface area contributed by atoms with Gasteiger partial charge >= 0.3 is 0 Å². The molecule has 0 bridgehead atoms. The van der Waals surface area contributed by atoms with Crippen LogP contribution in [0.15, 0.2) is 24.3 Å². The minimum atomic E-state index is 0.0237. The Bertz CT molecular complexity index is 613. The van der Waals surface area contributed by atoms with Crippen molar-refractivity contribution in [2.45, 2.75) is 52.1 Å². The smallest absolute Gasteiger partial charge is 0.0597 e. The minimum absolute atomic E-state index is 0.0237. The second-order valence-corrected chi connectivity index (χ2v) is 5.79. The highest BCUT2D eigenvalue weighted by atomic mass is 15.3. The molecule has 0 aliphatic heterocycles. The van der Waals surface area contributed by atoms with E-state index < -0.39 is 0 Å². The van der Waals surface area contributed by atoms with Gasteiger partial charge in [0.05, 0.1) is 17.4 Å². The number of aromatic nitrogens is 2. The molecular formula is C17H23N3. The standard InChI is InChI=1S/C17H23N3/c1-3-20-17(9-12(2)19-20)16(18)11-13-7-8-14-5-4-6-15(14)10-13/h7-10,16H,3-6,11,18H2,1-2H3. The Balaban J connectivity index is 1.80. The van der Waals surface area contributed by atoms with Crippen molar-refractivity contribution in [3.05, 3.63) is 52.3 Å². The lowest BCUT2D eigenvalue weighted by Gasteiger charge is -2.14. The van der Waals surface area contributed by atoms with E-state index in [1.165, 1.54) is 36.0 Å². The van der Waals surface area contributed by atoms with Crippen molar-refractivity contribution in [1.82, 2.24) is 9.78 Å². The van der Waals surface area contributed by atoms with Crippen molar-refractivity contribution in [3.63, 3.8) is 0 Å². The molecule has 1 aliphatic rings. The summed E-state index contributed by atoms with van der Waals surface area (Å²) in [4.78, 5) is 0. The number of rotatable bonds is 4. The van der Waals surface area contributed by atoms with Crippen molar-refractivity contribution < 1.29 is 0 Å². The molecular weight excluding hydrogens is 246 g/mol. The summed E-state index contributed by atoms with van der Waals surface area (Å²) in [6.07, 6.45) is 4.65. The van der Waals surface area contributed by atoms with Crippen LogP contribution in [0.2, 0.25) is 0 Å². The summed E-state index contributed by atoms with van der Waals surface area (Å²) in [5.74, 6) is 0. The second-order valence-electron chi connectivity index (χ2n) is 5.79. The van der Waals surface area contributed by atoms with Crippen molar-refractivity contribution in [2.24, 2.45) is 5.73 Å². The summed E-state index contributed by atoms with van der Waals surface area (Å²) < 4.78 is 2.02. The quantitative estimate of drug-likeness (QED) is 0.927. The number of fused-ring (bicyclic) bond motifs is 1. The Hall–Kier alpha value is -1.61. The van der Waals surface area contributed by atoms with Crippen molar-refractivity contribution in [3.8, 4) is 0 Å². The van der Waals surface area contributed by atoms with Gasteiger partial charge in [-0.2, -0.15) is 5.10 Å². The summed E-state index contributed by atoms with van der Waals surface area (Å²) in [5.41, 5.74) is 13.0. The molecule has 0 radical (unpaired) electrons. The molecule has 0 saturated heterocycles. The first-order valence-corrected chi connectivity index (χ1v) is 7.58. The summed E-state index contributed by atoms with van der Waals surface area (Å²) in [5, 5.41) is 4.49. The Morgan fingerprint density at radius 2 is 2.05 bits per heavy atom. The molecule has 1 aromatic heterocycles. The van der Waals surface area contributed by atoms with E-state index in [0.29, 0.717) is 0 Å². The van der Waals surface area contributed by atoms with Crippen LogP contribution in [0, 0.1) is 6.92 Å². The van der Waals surface area contributed by atoms with Gasteiger partial charge in [0.2, 0.25) is 0 Å². The topological polar surface area (TPSA) is 43.8 Å². The maximum Gasteiger partial charge on any atom is 0.0597 e. The highest BCUT2D eigenvalue weighted by molar-refractivity contribution is 5.36. The van der Waals surface area contributed by atoms with Gasteiger partial charge in [-0.25, -0.2) is 0 Å². The van der Waals surface area contributed by atoms with Gasteiger partial charge in [0.15, 0.2) is 0 Å². The maximum absolute atomic E-state index is 6.40. The lowest BCUT2D eigenvalue weighted by Crippen LogP contribution is -2.18. The van der Waals surface area contributed by atoms with Crippen LogP contribution < -0.4 is 5.73 Å². The molecule has 3 heteroatoms. The molecule has 0 fully saturated rings. The third-order valence-electron chi connectivity index (χ3n) is 4.23. The first-order valence-electron chi connectivity index (χ1n) is 7.58. The second kappa shape index (κ2) is 5.41. The molecule has 3 rings (SSSR count). The number of aryl methyl sites for hydroxylation is 4. The number of hydrogen-bond donors (Lipinski definition) is 1. The Morgan fingerprint density at radius 3 is 2.85 bits per heavy atom. The summed E-state index contributed by atoms with van der Waals surface area (Å²) >= 11 is 0. The predicted molar refractivity (Wildman–Crippen MR) is 81.7 cm³/mol. The van der Waals surface area contributed by atoms with E-state index in [-0.39, 0.29) is 6.04 Å². The van der Waals surface area contributed by atoms with Crippen molar-refractivity contribution >= 4 is 0 Å². The van der Waals surface area contributed by atoms with Crippen LogP contribution in [-0.4, -0.2) is 9.78 Å². The van der Waals surface area contributed by atoms with Crippen molar-refractivity contribution in [1.29, 1.82) is 0 Å². The third-order valence-corrected chi connectivity index (χ3v) is 4.23. The zero-order valence-electron chi connectivity index (χ0n) is 12.4. The van der Waals surface area contributed by atoms with Crippen molar-refractivity contribution in [2.75, 3.05) is 0 Å². The Morgan fingerprint density at radius 1 is 1.25 bits per heavy atom. The van der Waals surface area contributed by atoms with E-state index in [4.69, 9.17) is 5.73 Å². The average molecular weight is 269 g/mol. The molecule has 106 valence electrons. The number of hydrogen-bond acceptors (Lipinski definition) is 2. The summed E-state index contributed by atoms with van der Waals surface area (Å²) in [7, 11) is 0. The van der Waals surface area contributed by atoms with Gasteiger partial charge in [-0.1, -0.05) is 18.2 Å². The zero-order chi connectivity index (χ0) is 14.1. The SMILES string of the molecule is CCn1nc(C)cc1C(N)Cc1ccc2c(c1)CCC2. The number of nitrogens with zero attached hydrogens (tertiary/aromatic N) is 2. The van der Waals surface area contributed by atoms with Crippen LogP contribution in [0.3, 0.4) is 0 Å². The molecule has 0 amide bonds. The molecule has 1 heterocycles. The fourth-order valence-electron chi connectivity index (χ4n) is 3.23. The molecule has 2 aromatic rings. The minimum Gasteiger partial charge on any atom is -0.322 e. The monoisotopic (exact) mass is 269 g/mol. The number of benzene rings is 1. The highest BCUT2D eigenvalue weighted by Gasteiger charge is 2.15. The molecule has 20 heavy (non-hydrogen) atoms. The predicted octanol–water partition coefficient (Wildman–Crippen LogP) is 2.94. The van der Waals surface area contributed by atoms with E-state index >= 15 is 0 Å². The van der Waals surface area contributed by atoms with Gasteiger partial charge in [0.25, 0.3) is 0 Å². The molecule has 0 saturated carbocycles. The third kappa shape index (κ3) is 2.50. The van der Waals surface area contributed by atoms with E-state index in [2.05, 4.69) is 36.3 Å². The molecule has 2 N–H and O–H groups in total. The fourth-order valence-corrected chi connectivity index (χ4v) is 3.23. The average Bonchev–Trinajstić information content (AvgIpc) is 3.03. The van der Waals surface area contributed by atoms with Crippen LogP contribution in [0.5, 0.6) is 0 Å². The summed E-state index contributed by atoms with van der Waals surface area (Å²) in [6, 6.07) is 9.01. The fraction of sp³-hybridized carbons (Fsp3) is 0.471. The largest absolute Gasteiger partial charge is 0.322 e. The number of nitrogens with two attached hydrogens (primary N) is 1. The van der Waals surface area contributed by atoms with Crippen LogP contribution >= 0.6 is 0 Å². The van der Waals surface area contributed by atoms with E-state index in [0.717, 1.165) is 24.4 Å². The maximum atomic E-state index is 6.40. The van der Waals surface area contributed by atoms with Gasteiger partial charge in [-0.05, 0) is 62.3 Å². The molecule has 1 aliphatic carbocycles. The molecule has 3 nitrogen and oxygen atoms in total. The first kappa shape index (κ1) is 13.4. The normalized spacial score (nSPS) is 15.3. The molecule has 1 aromatic carbocycles. The molecule has 1 unspecified atom stereocenters. The van der Waals surface area contributed by atoms with Gasteiger partial charge in [-0.3, -0.25) is 4.68 Å². The molecule has 0 spiro atoms. The Labute approximate surface area is 120 Å². The van der Waals surface area contributed by atoms with Gasteiger partial charge in [-0.15, -0.1) is 0 Å². The van der Waals surface area contributed by atoms with Crippen LogP contribution in [0.1, 0.15) is 47.5 Å². The highest BCUT2D eigenvalue weighted by Crippen LogP contribution is 2.25. The van der Waals surface area contributed by atoms with E-state index in [1.54, 1.807) is 0 Å². The van der Waals surface area contributed by atoms with Crippen LogP contribution in [0.25, 0.3) is 0 Å².